The van der Waals surface area contributed by atoms with E-state index in [1.54, 1.807) is 6.20 Å². The SMILES string of the molecule is FC(F)(F)c1cnc(C2CCN(Cc3cnsn3)CC2)[nH]1. The number of hydrogen-bond donors (Lipinski definition) is 1. The summed E-state index contributed by atoms with van der Waals surface area (Å²) in [5.74, 6) is 0.503. The van der Waals surface area contributed by atoms with Crippen LogP contribution in [0.5, 0.6) is 0 Å². The van der Waals surface area contributed by atoms with Crippen LogP contribution in [0.25, 0.3) is 0 Å². The lowest BCUT2D eigenvalue weighted by Gasteiger charge is -2.30. The summed E-state index contributed by atoms with van der Waals surface area (Å²) in [4.78, 5) is 8.54. The number of rotatable bonds is 3. The molecule has 1 aliphatic heterocycles. The highest BCUT2D eigenvalue weighted by Crippen LogP contribution is 2.31. The van der Waals surface area contributed by atoms with Crippen molar-refractivity contribution in [3.8, 4) is 0 Å². The van der Waals surface area contributed by atoms with Crippen molar-refractivity contribution in [2.45, 2.75) is 31.5 Å². The van der Waals surface area contributed by atoms with Crippen molar-refractivity contribution in [2.75, 3.05) is 13.1 Å². The Labute approximate surface area is 123 Å². The van der Waals surface area contributed by atoms with E-state index in [-0.39, 0.29) is 5.92 Å². The first-order valence-electron chi connectivity index (χ1n) is 6.63. The fourth-order valence-electron chi connectivity index (χ4n) is 2.54. The molecule has 0 atom stereocenters. The zero-order valence-corrected chi connectivity index (χ0v) is 11.9. The third-order valence-electron chi connectivity index (χ3n) is 3.67. The van der Waals surface area contributed by atoms with Crippen molar-refractivity contribution in [3.05, 3.63) is 29.6 Å². The van der Waals surface area contributed by atoms with Crippen LogP contribution in [0.3, 0.4) is 0 Å². The number of alkyl halides is 3. The largest absolute Gasteiger partial charge is 0.432 e. The molecular formula is C12H14F3N5S. The van der Waals surface area contributed by atoms with Crippen LogP contribution < -0.4 is 0 Å². The molecule has 2 aromatic heterocycles. The first-order chi connectivity index (χ1) is 10.0. The lowest BCUT2D eigenvalue weighted by Crippen LogP contribution is -2.32. The van der Waals surface area contributed by atoms with Crippen LogP contribution in [-0.4, -0.2) is 36.7 Å². The number of H-pyrrole nitrogens is 1. The van der Waals surface area contributed by atoms with Gasteiger partial charge in [-0.1, -0.05) is 0 Å². The maximum absolute atomic E-state index is 12.6. The number of hydrogen-bond acceptors (Lipinski definition) is 5. The Bertz CT molecular complexity index is 572. The Morgan fingerprint density at radius 1 is 1.29 bits per heavy atom. The van der Waals surface area contributed by atoms with Gasteiger partial charge in [0, 0.05) is 12.5 Å². The smallest absolute Gasteiger partial charge is 0.338 e. The van der Waals surface area contributed by atoms with Crippen molar-refractivity contribution >= 4 is 11.7 Å². The number of likely N-dealkylation sites (tertiary alicyclic amines) is 1. The van der Waals surface area contributed by atoms with Gasteiger partial charge in [-0.2, -0.15) is 21.9 Å². The maximum Gasteiger partial charge on any atom is 0.432 e. The fourth-order valence-corrected chi connectivity index (χ4v) is 2.96. The molecule has 2 aromatic rings. The van der Waals surface area contributed by atoms with Crippen LogP contribution in [-0.2, 0) is 12.7 Å². The number of halogens is 3. The standard InChI is InChI=1S/C12H14F3N5S/c13-12(14,15)10-6-16-11(18-10)8-1-3-20(4-2-8)7-9-5-17-21-19-9/h5-6,8H,1-4,7H2,(H,16,18). The van der Waals surface area contributed by atoms with E-state index in [4.69, 9.17) is 0 Å². The van der Waals surface area contributed by atoms with Gasteiger partial charge in [0.15, 0.2) is 0 Å². The molecule has 1 fully saturated rings. The molecule has 21 heavy (non-hydrogen) atoms. The van der Waals surface area contributed by atoms with Gasteiger partial charge in [-0.05, 0) is 25.9 Å². The van der Waals surface area contributed by atoms with E-state index in [2.05, 4.69) is 23.6 Å². The van der Waals surface area contributed by atoms with Crippen LogP contribution in [0.15, 0.2) is 12.4 Å². The summed E-state index contributed by atoms with van der Waals surface area (Å²) < 4.78 is 45.8. The van der Waals surface area contributed by atoms with E-state index in [1.165, 1.54) is 11.7 Å². The number of nitrogens with one attached hydrogen (secondary N) is 1. The maximum atomic E-state index is 12.6. The summed E-state index contributed by atoms with van der Waals surface area (Å²) in [5, 5.41) is 0. The average molecular weight is 317 g/mol. The van der Waals surface area contributed by atoms with Crippen molar-refractivity contribution in [1.82, 2.24) is 23.6 Å². The van der Waals surface area contributed by atoms with Gasteiger partial charge in [0.2, 0.25) is 0 Å². The quantitative estimate of drug-likeness (QED) is 0.945. The third kappa shape index (κ3) is 3.41. The van der Waals surface area contributed by atoms with E-state index < -0.39 is 11.9 Å². The lowest BCUT2D eigenvalue weighted by molar-refractivity contribution is -0.141. The number of piperidine rings is 1. The van der Waals surface area contributed by atoms with Crippen LogP contribution in [0, 0.1) is 0 Å². The van der Waals surface area contributed by atoms with Crippen LogP contribution >= 0.6 is 11.7 Å². The highest BCUT2D eigenvalue weighted by atomic mass is 32.1. The summed E-state index contributed by atoms with van der Waals surface area (Å²) in [5.41, 5.74) is 0.171. The summed E-state index contributed by atoms with van der Waals surface area (Å²) in [6.45, 7) is 2.39. The molecule has 1 aliphatic rings. The Kier molecular flexibility index (Phi) is 3.94. The van der Waals surface area contributed by atoms with E-state index in [0.29, 0.717) is 5.82 Å². The molecule has 0 saturated carbocycles. The van der Waals surface area contributed by atoms with Crippen molar-refractivity contribution in [2.24, 2.45) is 0 Å². The highest BCUT2D eigenvalue weighted by molar-refractivity contribution is 6.99. The van der Waals surface area contributed by atoms with Gasteiger partial charge in [0.05, 0.1) is 29.8 Å². The zero-order chi connectivity index (χ0) is 14.9. The van der Waals surface area contributed by atoms with Crippen molar-refractivity contribution in [3.63, 3.8) is 0 Å². The molecular weight excluding hydrogens is 303 g/mol. The summed E-state index contributed by atoms with van der Waals surface area (Å²) >= 11 is 1.18. The van der Waals surface area contributed by atoms with Crippen molar-refractivity contribution in [1.29, 1.82) is 0 Å². The zero-order valence-electron chi connectivity index (χ0n) is 11.1. The lowest BCUT2D eigenvalue weighted by atomic mass is 9.96. The topological polar surface area (TPSA) is 57.7 Å². The first kappa shape index (κ1) is 14.5. The van der Waals surface area contributed by atoms with Crippen LogP contribution in [0.1, 0.15) is 36.0 Å². The Morgan fingerprint density at radius 2 is 2.05 bits per heavy atom. The molecule has 0 radical (unpaired) electrons. The van der Waals surface area contributed by atoms with Gasteiger partial charge in [-0.25, -0.2) is 4.98 Å². The minimum Gasteiger partial charge on any atom is -0.338 e. The molecule has 5 nitrogen and oxygen atoms in total. The molecule has 0 spiro atoms. The first-order valence-corrected chi connectivity index (χ1v) is 7.36. The molecule has 0 aliphatic carbocycles. The minimum atomic E-state index is -4.36. The molecule has 0 unspecified atom stereocenters. The molecule has 0 aromatic carbocycles. The fraction of sp³-hybridized carbons (Fsp3) is 0.583. The number of nitrogens with zero attached hydrogens (tertiary/aromatic N) is 4. The monoisotopic (exact) mass is 317 g/mol. The molecule has 9 heteroatoms. The molecule has 0 bridgehead atoms. The van der Waals surface area contributed by atoms with Gasteiger partial charge >= 0.3 is 6.18 Å². The Hall–Kier alpha value is -1.48. The molecule has 1 saturated heterocycles. The van der Waals surface area contributed by atoms with E-state index >= 15 is 0 Å². The number of aromatic nitrogens is 4. The summed E-state index contributed by atoms with van der Waals surface area (Å²) in [6, 6.07) is 0. The van der Waals surface area contributed by atoms with Gasteiger partial charge in [0.1, 0.15) is 11.5 Å². The second kappa shape index (κ2) is 5.72. The van der Waals surface area contributed by atoms with E-state index in [0.717, 1.165) is 44.4 Å². The van der Waals surface area contributed by atoms with Gasteiger partial charge in [0.25, 0.3) is 0 Å². The van der Waals surface area contributed by atoms with E-state index in [9.17, 15) is 13.2 Å². The highest BCUT2D eigenvalue weighted by Gasteiger charge is 2.34. The molecule has 114 valence electrons. The molecule has 3 rings (SSSR count). The molecule has 3 heterocycles. The normalized spacial score (nSPS) is 18.2. The van der Waals surface area contributed by atoms with Crippen LogP contribution in [0.2, 0.25) is 0 Å². The van der Waals surface area contributed by atoms with Gasteiger partial charge in [-0.15, -0.1) is 0 Å². The second-order valence-electron chi connectivity index (χ2n) is 5.13. The predicted molar refractivity (Wildman–Crippen MR) is 70.8 cm³/mol. The Balaban J connectivity index is 1.57. The van der Waals surface area contributed by atoms with Gasteiger partial charge < -0.3 is 4.98 Å². The summed E-state index contributed by atoms with van der Waals surface area (Å²) in [6.07, 6.45) is -0.143. The molecule has 0 amide bonds. The average Bonchev–Trinajstić information content (AvgIpc) is 3.09. The summed E-state index contributed by atoms with van der Waals surface area (Å²) in [7, 11) is 0. The second-order valence-corrected chi connectivity index (χ2v) is 5.69. The van der Waals surface area contributed by atoms with E-state index in [1.807, 2.05) is 0 Å². The third-order valence-corrected chi connectivity index (χ3v) is 4.18. The van der Waals surface area contributed by atoms with Gasteiger partial charge in [-0.3, -0.25) is 4.90 Å². The predicted octanol–water partition coefficient (Wildman–Crippen LogP) is 2.66. The number of imidazole rings is 1. The minimum absolute atomic E-state index is 0.0610. The van der Waals surface area contributed by atoms with Crippen molar-refractivity contribution < 1.29 is 13.2 Å². The Morgan fingerprint density at radius 3 is 2.62 bits per heavy atom. The van der Waals surface area contributed by atoms with Crippen LogP contribution in [0.4, 0.5) is 13.2 Å². The number of aromatic amines is 1. The molecule has 1 N–H and O–H groups in total.